The van der Waals surface area contributed by atoms with Gasteiger partial charge in [0.25, 0.3) is 0 Å². The fourth-order valence-electron chi connectivity index (χ4n) is 2.65. The molecule has 1 amide bonds. The predicted molar refractivity (Wildman–Crippen MR) is 91.9 cm³/mol. The van der Waals surface area contributed by atoms with E-state index in [0.29, 0.717) is 24.5 Å². The van der Waals surface area contributed by atoms with Gasteiger partial charge >= 0.3 is 0 Å². The molecule has 0 radical (unpaired) electrons. The fraction of sp³-hybridized carbons (Fsp3) is 0.562. The van der Waals surface area contributed by atoms with Gasteiger partial charge in [-0.3, -0.25) is 4.79 Å². The van der Waals surface area contributed by atoms with Gasteiger partial charge < -0.3 is 15.4 Å². The van der Waals surface area contributed by atoms with Gasteiger partial charge in [-0.2, -0.15) is 0 Å². The summed E-state index contributed by atoms with van der Waals surface area (Å²) in [5.74, 6) is -0.416. The Balaban J connectivity index is 0.00000264. The first-order valence-corrected chi connectivity index (χ1v) is 7.70. The van der Waals surface area contributed by atoms with Gasteiger partial charge in [0.15, 0.2) is 0 Å². The van der Waals surface area contributed by atoms with Crippen molar-refractivity contribution in [2.45, 2.75) is 37.8 Å². The molecule has 130 valence electrons. The zero-order valence-electron chi connectivity index (χ0n) is 13.5. The number of benzene rings is 1. The summed E-state index contributed by atoms with van der Waals surface area (Å²) in [6.45, 7) is 5.04. The smallest absolute Gasteiger partial charge is 0.237 e. The highest BCUT2D eigenvalue weighted by molar-refractivity contribution is 6.31. The van der Waals surface area contributed by atoms with Gasteiger partial charge in [0.1, 0.15) is 5.82 Å². The fourth-order valence-corrected chi connectivity index (χ4v) is 3.07. The summed E-state index contributed by atoms with van der Waals surface area (Å²) in [6.07, 6.45) is 0.746. The van der Waals surface area contributed by atoms with Crippen LogP contribution in [0.15, 0.2) is 18.2 Å². The van der Waals surface area contributed by atoms with E-state index < -0.39 is 0 Å². The molecular formula is C16H23Cl2FN2O2. The molecule has 0 bridgehead atoms. The Bertz CT molecular complexity index is 555. The maximum Gasteiger partial charge on any atom is 0.237 e. The lowest BCUT2D eigenvalue weighted by atomic mass is 9.84. The van der Waals surface area contributed by atoms with Crippen molar-refractivity contribution in [3.63, 3.8) is 0 Å². The molecule has 1 aromatic rings. The molecule has 0 aliphatic carbocycles. The van der Waals surface area contributed by atoms with E-state index in [1.54, 1.807) is 13.2 Å². The van der Waals surface area contributed by atoms with E-state index in [4.69, 9.17) is 16.3 Å². The molecule has 0 spiro atoms. The summed E-state index contributed by atoms with van der Waals surface area (Å²) >= 11 is 6.11. The topological polar surface area (TPSA) is 50.4 Å². The molecule has 1 saturated heterocycles. The zero-order chi connectivity index (χ0) is 16.3. The second-order valence-corrected chi connectivity index (χ2v) is 6.69. The Kier molecular flexibility index (Phi) is 7.27. The molecule has 7 heteroatoms. The van der Waals surface area contributed by atoms with E-state index in [1.165, 1.54) is 12.1 Å². The van der Waals surface area contributed by atoms with Gasteiger partial charge in [-0.25, -0.2) is 4.39 Å². The lowest BCUT2D eigenvalue weighted by molar-refractivity contribution is -0.123. The van der Waals surface area contributed by atoms with Crippen LogP contribution in [0.3, 0.4) is 0 Å². The minimum Gasteiger partial charge on any atom is -0.380 e. The van der Waals surface area contributed by atoms with Crippen LogP contribution in [-0.4, -0.2) is 38.3 Å². The number of nitrogens with one attached hydrogen (secondary N) is 2. The van der Waals surface area contributed by atoms with Crippen LogP contribution < -0.4 is 10.6 Å². The molecule has 2 rings (SSSR count). The molecule has 0 unspecified atom stereocenters. The van der Waals surface area contributed by atoms with Crippen LogP contribution in [0.25, 0.3) is 0 Å². The summed E-state index contributed by atoms with van der Waals surface area (Å²) in [5, 5.41) is 6.45. The number of hydrogen-bond donors (Lipinski definition) is 2. The van der Waals surface area contributed by atoms with Gasteiger partial charge in [-0.1, -0.05) is 31.5 Å². The van der Waals surface area contributed by atoms with Crippen molar-refractivity contribution in [1.29, 1.82) is 0 Å². The van der Waals surface area contributed by atoms with E-state index in [9.17, 15) is 9.18 Å². The van der Waals surface area contributed by atoms with Crippen LogP contribution in [0.5, 0.6) is 0 Å². The van der Waals surface area contributed by atoms with Crippen molar-refractivity contribution in [3.05, 3.63) is 34.6 Å². The molecule has 1 aliphatic rings. The van der Waals surface area contributed by atoms with Crippen LogP contribution in [0.2, 0.25) is 5.02 Å². The van der Waals surface area contributed by atoms with E-state index in [-0.39, 0.29) is 41.7 Å². The summed E-state index contributed by atoms with van der Waals surface area (Å²) < 4.78 is 18.4. The van der Waals surface area contributed by atoms with Gasteiger partial charge in [-0.05, 0) is 24.1 Å². The molecule has 23 heavy (non-hydrogen) atoms. The summed E-state index contributed by atoms with van der Waals surface area (Å²) in [4.78, 5) is 12.2. The van der Waals surface area contributed by atoms with Crippen LogP contribution in [0, 0.1) is 5.82 Å². The summed E-state index contributed by atoms with van der Waals surface area (Å²) in [6, 6.07) is 4.11. The maximum atomic E-state index is 13.2. The van der Waals surface area contributed by atoms with Crippen molar-refractivity contribution < 1.29 is 13.9 Å². The van der Waals surface area contributed by atoms with Gasteiger partial charge in [-0.15, -0.1) is 12.4 Å². The van der Waals surface area contributed by atoms with Crippen LogP contribution in [0.4, 0.5) is 4.39 Å². The highest BCUT2D eigenvalue weighted by Gasteiger charge is 2.31. The zero-order valence-corrected chi connectivity index (χ0v) is 15.1. The lowest BCUT2D eigenvalue weighted by Crippen LogP contribution is -2.45. The first-order valence-electron chi connectivity index (χ1n) is 7.33. The van der Waals surface area contributed by atoms with Crippen LogP contribution >= 0.6 is 24.0 Å². The Morgan fingerprint density at radius 1 is 1.52 bits per heavy atom. The molecule has 1 heterocycles. The van der Waals surface area contributed by atoms with Gasteiger partial charge in [0.2, 0.25) is 5.91 Å². The standard InChI is InChI=1S/C16H22ClFN2O2.ClH/c1-16(2,12-5-4-10(18)6-13(12)17)9-20-15(21)14-7-11(22-3)8-19-14;/h4-6,11,14,19H,7-9H2,1-3H3,(H,20,21);1H/t11-,14-;/m0./s1. The van der Waals surface area contributed by atoms with Crippen molar-refractivity contribution in [2.24, 2.45) is 0 Å². The third kappa shape index (κ3) is 5.05. The molecule has 1 aliphatic heterocycles. The Hall–Kier alpha value is -0.880. The third-order valence-electron chi connectivity index (χ3n) is 4.11. The summed E-state index contributed by atoms with van der Waals surface area (Å²) in [5.41, 5.74) is 0.421. The van der Waals surface area contributed by atoms with Gasteiger partial charge in [0.05, 0.1) is 12.1 Å². The number of ether oxygens (including phenoxy) is 1. The highest BCUT2D eigenvalue weighted by atomic mass is 35.5. The number of halogens is 3. The first-order chi connectivity index (χ1) is 10.3. The molecule has 1 aromatic carbocycles. The molecule has 0 aromatic heterocycles. The SMILES string of the molecule is CO[C@@H]1CN[C@H](C(=O)NCC(C)(C)c2ccc(F)cc2Cl)C1.Cl. The minimum absolute atomic E-state index is 0. The molecule has 1 fully saturated rings. The second-order valence-electron chi connectivity index (χ2n) is 6.28. The number of rotatable bonds is 5. The molecular weight excluding hydrogens is 342 g/mol. The summed E-state index contributed by atoms with van der Waals surface area (Å²) in [7, 11) is 1.65. The van der Waals surface area contributed by atoms with Gasteiger partial charge in [0, 0.05) is 30.6 Å². The van der Waals surface area contributed by atoms with Crippen LogP contribution in [-0.2, 0) is 14.9 Å². The number of carbonyl (C=O) groups excluding carboxylic acids is 1. The van der Waals surface area contributed by atoms with E-state index >= 15 is 0 Å². The average Bonchev–Trinajstić information content (AvgIpc) is 2.93. The van der Waals surface area contributed by atoms with Crippen molar-refractivity contribution in [3.8, 4) is 0 Å². The Morgan fingerprint density at radius 2 is 2.22 bits per heavy atom. The van der Waals surface area contributed by atoms with Crippen LogP contribution in [0.1, 0.15) is 25.8 Å². The second kappa shape index (κ2) is 8.29. The Labute approximate surface area is 147 Å². The third-order valence-corrected chi connectivity index (χ3v) is 4.42. The highest BCUT2D eigenvalue weighted by Crippen LogP contribution is 2.30. The number of hydrogen-bond acceptors (Lipinski definition) is 3. The van der Waals surface area contributed by atoms with E-state index in [1.807, 2.05) is 13.8 Å². The predicted octanol–water partition coefficient (Wildman–Crippen LogP) is 2.67. The maximum absolute atomic E-state index is 13.2. The lowest BCUT2D eigenvalue weighted by Gasteiger charge is -2.27. The largest absolute Gasteiger partial charge is 0.380 e. The average molecular weight is 365 g/mol. The number of methoxy groups -OCH3 is 1. The molecule has 4 nitrogen and oxygen atoms in total. The van der Waals surface area contributed by atoms with Crippen molar-refractivity contribution >= 4 is 29.9 Å². The van der Waals surface area contributed by atoms with Crippen molar-refractivity contribution in [1.82, 2.24) is 10.6 Å². The monoisotopic (exact) mass is 364 g/mol. The first kappa shape index (κ1) is 20.2. The molecule has 2 atom stereocenters. The Morgan fingerprint density at radius 3 is 2.78 bits per heavy atom. The van der Waals surface area contributed by atoms with E-state index in [0.717, 1.165) is 5.56 Å². The quantitative estimate of drug-likeness (QED) is 0.844. The molecule has 2 N–H and O–H groups in total. The number of carbonyl (C=O) groups is 1. The normalized spacial score (nSPS) is 20.9. The van der Waals surface area contributed by atoms with E-state index in [2.05, 4.69) is 10.6 Å². The molecule has 0 saturated carbocycles. The number of amides is 1. The van der Waals surface area contributed by atoms with Crippen molar-refractivity contribution in [2.75, 3.05) is 20.2 Å². The minimum atomic E-state index is -0.389.